The number of carbonyl (C=O) groups excluding carboxylic acids is 2. The van der Waals surface area contributed by atoms with Crippen molar-refractivity contribution in [3.8, 4) is 5.75 Å². The van der Waals surface area contributed by atoms with E-state index in [1.165, 1.54) is 0 Å². The van der Waals surface area contributed by atoms with Crippen molar-refractivity contribution in [3.05, 3.63) is 64.7 Å². The molecule has 2 aromatic rings. The van der Waals surface area contributed by atoms with Gasteiger partial charge in [-0.3, -0.25) is 9.59 Å². The average molecular weight is 417 g/mol. The lowest BCUT2D eigenvalue weighted by atomic mass is 10.1. The van der Waals surface area contributed by atoms with Crippen molar-refractivity contribution in [1.82, 2.24) is 10.2 Å². The number of aryl methyl sites for hydroxylation is 1. The number of hydrogen-bond acceptors (Lipinski definition) is 3. The third kappa shape index (κ3) is 6.50. The third-order valence-electron chi connectivity index (χ3n) is 4.56. The molecule has 5 nitrogen and oxygen atoms in total. The molecule has 0 bridgehead atoms. The van der Waals surface area contributed by atoms with E-state index in [-0.39, 0.29) is 31.0 Å². The number of carbonyl (C=O) groups is 2. The standard InChI is InChI=1S/C23H29ClN2O3/c1-5-20(23(28)25-16(2)3)26(14-18-11-7-8-12-19(18)24)22(27)15-29-21-13-9-6-10-17(21)4/h6-13,16,20H,5,14-15H2,1-4H3,(H,25,28). The maximum atomic E-state index is 13.1. The van der Waals surface area contributed by atoms with Gasteiger partial charge in [0.1, 0.15) is 11.8 Å². The van der Waals surface area contributed by atoms with Gasteiger partial charge < -0.3 is 15.0 Å². The van der Waals surface area contributed by atoms with Crippen molar-refractivity contribution in [2.24, 2.45) is 0 Å². The molecule has 0 saturated carbocycles. The van der Waals surface area contributed by atoms with Crippen LogP contribution in [0.4, 0.5) is 0 Å². The van der Waals surface area contributed by atoms with Crippen molar-refractivity contribution in [3.63, 3.8) is 0 Å². The van der Waals surface area contributed by atoms with Crippen LogP contribution in [0.25, 0.3) is 0 Å². The van der Waals surface area contributed by atoms with Gasteiger partial charge in [-0.25, -0.2) is 0 Å². The van der Waals surface area contributed by atoms with Gasteiger partial charge in [-0.05, 0) is 50.5 Å². The van der Waals surface area contributed by atoms with Gasteiger partial charge in [0.2, 0.25) is 5.91 Å². The molecule has 2 aromatic carbocycles. The zero-order chi connectivity index (χ0) is 21.4. The van der Waals surface area contributed by atoms with Gasteiger partial charge in [0.05, 0.1) is 0 Å². The van der Waals surface area contributed by atoms with Crippen molar-refractivity contribution in [2.45, 2.75) is 52.7 Å². The van der Waals surface area contributed by atoms with Crippen LogP contribution >= 0.6 is 11.6 Å². The van der Waals surface area contributed by atoms with Crippen molar-refractivity contribution in [1.29, 1.82) is 0 Å². The highest BCUT2D eigenvalue weighted by molar-refractivity contribution is 6.31. The smallest absolute Gasteiger partial charge is 0.261 e. The summed E-state index contributed by atoms with van der Waals surface area (Å²) in [6.07, 6.45) is 0.485. The number of nitrogens with zero attached hydrogens (tertiary/aromatic N) is 1. The molecule has 6 heteroatoms. The normalized spacial score (nSPS) is 11.8. The van der Waals surface area contributed by atoms with E-state index in [1.54, 1.807) is 11.0 Å². The van der Waals surface area contributed by atoms with Gasteiger partial charge in [0.25, 0.3) is 5.91 Å². The lowest BCUT2D eigenvalue weighted by molar-refractivity contribution is -0.143. The molecule has 0 aromatic heterocycles. The predicted molar refractivity (Wildman–Crippen MR) is 116 cm³/mol. The molecule has 156 valence electrons. The Balaban J connectivity index is 2.24. The summed E-state index contributed by atoms with van der Waals surface area (Å²) in [6.45, 7) is 7.69. The van der Waals surface area contributed by atoms with E-state index in [2.05, 4.69) is 5.32 Å². The molecule has 1 atom stereocenters. The van der Waals surface area contributed by atoms with E-state index < -0.39 is 6.04 Å². The molecule has 0 saturated heterocycles. The van der Waals surface area contributed by atoms with Gasteiger partial charge in [-0.1, -0.05) is 54.9 Å². The van der Waals surface area contributed by atoms with E-state index in [9.17, 15) is 9.59 Å². The van der Waals surface area contributed by atoms with Gasteiger partial charge in [0, 0.05) is 17.6 Å². The summed E-state index contributed by atoms with van der Waals surface area (Å²) in [7, 11) is 0. The number of halogens is 1. The summed E-state index contributed by atoms with van der Waals surface area (Å²) in [4.78, 5) is 27.4. The van der Waals surface area contributed by atoms with Crippen LogP contribution in [-0.4, -0.2) is 35.4 Å². The fourth-order valence-electron chi connectivity index (χ4n) is 3.05. The lowest BCUT2D eigenvalue weighted by Gasteiger charge is -2.31. The Labute approximate surface area is 178 Å². The number of nitrogens with one attached hydrogen (secondary N) is 1. The first-order valence-electron chi connectivity index (χ1n) is 9.85. The zero-order valence-electron chi connectivity index (χ0n) is 17.4. The van der Waals surface area contributed by atoms with Crippen LogP contribution in [0.1, 0.15) is 38.3 Å². The number of benzene rings is 2. The van der Waals surface area contributed by atoms with Crippen LogP contribution in [0.5, 0.6) is 5.75 Å². The summed E-state index contributed by atoms with van der Waals surface area (Å²) in [6, 6.07) is 14.2. The minimum absolute atomic E-state index is 0.0166. The summed E-state index contributed by atoms with van der Waals surface area (Å²) < 4.78 is 5.75. The number of para-hydroxylation sites is 1. The number of ether oxygens (including phenoxy) is 1. The van der Waals surface area contributed by atoms with Crippen LogP contribution in [0.3, 0.4) is 0 Å². The first kappa shape index (κ1) is 22.8. The molecule has 0 aliphatic carbocycles. The van der Waals surface area contributed by atoms with Crippen molar-refractivity contribution in [2.75, 3.05) is 6.61 Å². The molecule has 0 fully saturated rings. The molecule has 29 heavy (non-hydrogen) atoms. The maximum absolute atomic E-state index is 13.1. The van der Waals surface area contributed by atoms with Crippen molar-refractivity contribution < 1.29 is 14.3 Å². The Morgan fingerprint density at radius 3 is 2.38 bits per heavy atom. The second-order valence-electron chi connectivity index (χ2n) is 7.25. The number of rotatable bonds is 9. The molecular weight excluding hydrogens is 388 g/mol. The molecule has 0 aliphatic heterocycles. The van der Waals surface area contributed by atoms with E-state index in [4.69, 9.17) is 16.3 Å². The molecule has 1 unspecified atom stereocenters. The van der Waals surface area contributed by atoms with Crippen LogP contribution in [0, 0.1) is 6.92 Å². The Kier molecular flexibility index (Phi) is 8.52. The average Bonchev–Trinajstić information content (AvgIpc) is 2.68. The second-order valence-corrected chi connectivity index (χ2v) is 7.66. The van der Waals surface area contributed by atoms with Gasteiger partial charge in [-0.2, -0.15) is 0 Å². The number of hydrogen-bond donors (Lipinski definition) is 1. The van der Waals surface area contributed by atoms with Crippen LogP contribution in [0.15, 0.2) is 48.5 Å². The zero-order valence-corrected chi connectivity index (χ0v) is 18.2. The van der Waals surface area contributed by atoms with E-state index in [0.717, 1.165) is 11.1 Å². The largest absolute Gasteiger partial charge is 0.484 e. The van der Waals surface area contributed by atoms with Crippen LogP contribution in [-0.2, 0) is 16.1 Å². The minimum Gasteiger partial charge on any atom is -0.484 e. The third-order valence-corrected chi connectivity index (χ3v) is 4.93. The molecule has 2 amide bonds. The SMILES string of the molecule is CCC(C(=O)NC(C)C)N(Cc1ccccc1Cl)C(=O)COc1ccccc1C. The highest BCUT2D eigenvalue weighted by Crippen LogP contribution is 2.21. The highest BCUT2D eigenvalue weighted by Gasteiger charge is 2.29. The summed E-state index contributed by atoms with van der Waals surface area (Å²) >= 11 is 6.31. The first-order chi connectivity index (χ1) is 13.8. The fraction of sp³-hybridized carbons (Fsp3) is 0.391. The van der Waals surface area contributed by atoms with Gasteiger partial charge in [-0.15, -0.1) is 0 Å². The first-order valence-corrected chi connectivity index (χ1v) is 10.2. The Morgan fingerprint density at radius 2 is 1.76 bits per heavy atom. The van der Waals surface area contributed by atoms with Gasteiger partial charge >= 0.3 is 0 Å². The van der Waals surface area contributed by atoms with E-state index in [0.29, 0.717) is 17.2 Å². The monoisotopic (exact) mass is 416 g/mol. The molecule has 2 rings (SSSR count). The highest BCUT2D eigenvalue weighted by atomic mass is 35.5. The Morgan fingerprint density at radius 1 is 1.10 bits per heavy atom. The van der Waals surface area contributed by atoms with Crippen molar-refractivity contribution >= 4 is 23.4 Å². The topological polar surface area (TPSA) is 58.6 Å². The fourth-order valence-corrected chi connectivity index (χ4v) is 3.25. The molecule has 0 spiro atoms. The summed E-state index contributed by atoms with van der Waals surface area (Å²) in [5.41, 5.74) is 1.73. The quantitative estimate of drug-likeness (QED) is 0.660. The summed E-state index contributed by atoms with van der Waals surface area (Å²) in [5, 5.41) is 3.47. The van der Waals surface area contributed by atoms with E-state index >= 15 is 0 Å². The number of amides is 2. The maximum Gasteiger partial charge on any atom is 0.261 e. The van der Waals surface area contributed by atoms with E-state index in [1.807, 2.05) is 70.2 Å². The second kappa shape index (κ2) is 10.9. The van der Waals surface area contributed by atoms with Crippen LogP contribution in [0.2, 0.25) is 5.02 Å². The van der Waals surface area contributed by atoms with Crippen LogP contribution < -0.4 is 10.1 Å². The lowest BCUT2D eigenvalue weighted by Crippen LogP contribution is -2.51. The minimum atomic E-state index is -0.610. The molecule has 1 N–H and O–H groups in total. The molecular formula is C23H29ClN2O3. The van der Waals surface area contributed by atoms with Gasteiger partial charge in [0.15, 0.2) is 6.61 Å². The molecule has 0 aliphatic rings. The molecule has 0 radical (unpaired) electrons. The predicted octanol–water partition coefficient (Wildman–Crippen LogP) is 4.36. The molecule has 0 heterocycles. The summed E-state index contributed by atoms with van der Waals surface area (Å²) in [5.74, 6) is 0.205. The Bertz CT molecular complexity index is 838. The Hall–Kier alpha value is -2.53.